The van der Waals surface area contributed by atoms with Gasteiger partial charge in [-0.2, -0.15) is 0 Å². The second-order valence-electron chi connectivity index (χ2n) is 5.81. The third-order valence-electron chi connectivity index (χ3n) is 4.33. The van der Waals surface area contributed by atoms with Gasteiger partial charge in [-0.3, -0.25) is 9.69 Å². The van der Waals surface area contributed by atoms with Crippen molar-refractivity contribution in [2.45, 2.75) is 19.4 Å². The van der Waals surface area contributed by atoms with Crippen LogP contribution < -0.4 is 0 Å². The molecule has 0 spiro atoms. The molecule has 0 radical (unpaired) electrons. The number of carbonyl (C=O) groups excluding carboxylic acids is 1. The average molecular weight is 291 g/mol. The zero-order valence-electron chi connectivity index (χ0n) is 12.9. The highest BCUT2D eigenvalue weighted by Gasteiger charge is 2.25. The number of benzene rings is 2. The molecule has 0 bridgehead atoms. The molecule has 0 amide bonds. The summed E-state index contributed by atoms with van der Waals surface area (Å²) in [5, 5.41) is 0. The maximum atomic E-state index is 12.2. The molecule has 22 heavy (non-hydrogen) atoms. The average Bonchev–Trinajstić information content (AvgIpc) is 2.58. The summed E-state index contributed by atoms with van der Waals surface area (Å²) in [6.45, 7) is 3.77. The van der Waals surface area contributed by atoms with E-state index in [9.17, 15) is 4.79 Å². The predicted octanol–water partition coefficient (Wildman–Crippen LogP) is 4.11. The van der Waals surface area contributed by atoms with Gasteiger partial charge < -0.3 is 0 Å². The van der Waals surface area contributed by atoms with Crippen LogP contribution in [-0.4, -0.2) is 23.8 Å². The van der Waals surface area contributed by atoms with Gasteiger partial charge in [0.15, 0.2) is 5.78 Å². The van der Waals surface area contributed by atoms with Gasteiger partial charge in [-0.25, -0.2) is 0 Å². The minimum Gasteiger partial charge on any atom is -0.294 e. The lowest BCUT2D eigenvalue weighted by molar-refractivity contribution is -0.117. The van der Waals surface area contributed by atoms with Gasteiger partial charge in [-0.1, -0.05) is 60.7 Å². The molecule has 2 heteroatoms. The lowest BCUT2D eigenvalue weighted by Gasteiger charge is -2.33. The summed E-state index contributed by atoms with van der Waals surface area (Å²) in [6, 6.07) is 20.9. The van der Waals surface area contributed by atoms with Crippen LogP contribution in [0.2, 0.25) is 0 Å². The smallest absolute Gasteiger partial charge is 0.161 e. The van der Waals surface area contributed by atoms with Crippen LogP contribution >= 0.6 is 0 Å². The molecule has 2 aromatic rings. The summed E-state index contributed by atoms with van der Waals surface area (Å²) in [5.74, 6) is 0.278. The molecular weight excluding hydrogens is 270 g/mol. The number of piperidine rings is 1. The minimum absolute atomic E-state index is 0.278. The largest absolute Gasteiger partial charge is 0.294 e. The molecule has 2 aromatic carbocycles. The maximum Gasteiger partial charge on any atom is 0.161 e. The quantitative estimate of drug-likeness (QED) is 0.793. The highest BCUT2D eigenvalue weighted by atomic mass is 16.1. The van der Waals surface area contributed by atoms with Gasteiger partial charge in [0.1, 0.15) is 0 Å². The van der Waals surface area contributed by atoms with Crippen molar-refractivity contribution < 1.29 is 4.79 Å². The van der Waals surface area contributed by atoms with Crippen molar-refractivity contribution in [2.24, 2.45) is 0 Å². The van der Waals surface area contributed by atoms with Gasteiger partial charge in [0.25, 0.3) is 0 Å². The van der Waals surface area contributed by atoms with Crippen LogP contribution in [0.1, 0.15) is 30.5 Å². The van der Waals surface area contributed by atoms with E-state index in [1.807, 2.05) is 42.5 Å². The van der Waals surface area contributed by atoms with E-state index >= 15 is 0 Å². The molecule has 2 nitrogen and oxygen atoms in total. The summed E-state index contributed by atoms with van der Waals surface area (Å²) in [6.07, 6.45) is 2.64. The number of hydrogen-bond acceptors (Lipinski definition) is 2. The summed E-state index contributed by atoms with van der Waals surface area (Å²) < 4.78 is 0. The Labute approximate surface area is 132 Å². The number of rotatable bonds is 3. The van der Waals surface area contributed by atoms with Crippen LogP contribution in [-0.2, 0) is 4.79 Å². The van der Waals surface area contributed by atoms with Crippen molar-refractivity contribution in [2.75, 3.05) is 13.1 Å². The molecule has 1 heterocycles. The second kappa shape index (κ2) is 6.71. The standard InChI is InChI=1S/C20H21NO/c1-16(18-10-6-3-7-11-18)21-13-12-20(22)19(15-21)14-17-8-4-2-5-9-17/h2-11,14,16H,12-13,15H2,1H3/b19-14+/t16-/m1/s1. The van der Waals surface area contributed by atoms with Gasteiger partial charge in [0, 0.05) is 31.1 Å². The molecule has 0 aliphatic carbocycles. The van der Waals surface area contributed by atoms with Crippen molar-refractivity contribution >= 4 is 11.9 Å². The molecule has 1 atom stereocenters. The van der Waals surface area contributed by atoms with E-state index in [0.29, 0.717) is 12.5 Å². The second-order valence-corrected chi connectivity index (χ2v) is 5.81. The Morgan fingerprint density at radius 2 is 1.64 bits per heavy atom. The van der Waals surface area contributed by atoms with Gasteiger partial charge >= 0.3 is 0 Å². The highest BCUT2D eigenvalue weighted by molar-refractivity contribution is 6.00. The summed E-state index contributed by atoms with van der Waals surface area (Å²) in [7, 11) is 0. The molecule has 0 N–H and O–H groups in total. The number of nitrogens with zero attached hydrogens (tertiary/aromatic N) is 1. The summed E-state index contributed by atoms with van der Waals surface area (Å²) >= 11 is 0. The first kappa shape index (κ1) is 14.7. The number of likely N-dealkylation sites (tertiary alicyclic amines) is 1. The number of ketones is 1. The first-order chi connectivity index (χ1) is 10.7. The van der Waals surface area contributed by atoms with Crippen LogP contribution in [0.3, 0.4) is 0 Å². The van der Waals surface area contributed by atoms with Crippen molar-refractivity contribution in [3.8, 4) is 0 Å². The summed E-state index contributed by atoms with van der Waals surface area (Å²) in [4.78, 5) is 14.6. The zero-order chi connectivity index (χ0) is 15.4. The Morgan fingerprint density at radius 1 is 1.00 bits per heavy atom. The van der Waals surface area contributed by atoms with E-state index in [0.717, 1.165) is 24.2 Å². The molecule has 1 fully saturated rings. The number of carbonyl (C=O) groups is 1. The van der Waals surface area contributed by atoms with Gasteiger partial charge in [-0.15, -0.1) is 0 Å². The Bertz CT molecular complexity index is 661. The van der Waals surface area contributed by atoms with E-state index in [1.54, 1.807) is 0 Å². The Balaban J connectivity index is 1.79. The molecule has 1 saturated heterocycles. The first-order valence-corrected chi connectivity index (χ1v) is 7.82. The van der Waals surface area contributed by atoms with Crippen LogP contribution in [0.25, 0.3) is 6.08 Å². The van der Waals surface area contributed by atoms with Crippen LogP contribution in [0.4, 0.5) is 0 Å². The number of Topliss-reactive ketones (excluding diaryl/α,β-unsaturated/α-hetero) is 1. The monoisotopic (exact) mass is 291 g/mol. The normalized spacial score (nSPS) is 19.3. The Hall–Kier alpha value is -2.19. The fourth-order valence-electron chi connectivity index (χ4n) is 2.94. The topological polar surface area (TPSA) is 20.3 Å². The molecule has 0 unspecified atom stereocenters. The molecular formula is C20H21NO. The minimum atomic E-state index is 0.278. The highest BCUT2D eigenvalue weighted by Crippen LogP contribution is 2.25. The van der Waals surface area contributed by atoms with E-state index < -0.39 is 0 Å². The fraction of sp³-hybridized carbons (Fsp3) is 0.250. The van der Waals surface area contributed by atoms with Crippen molar-refractivity contribution in [3.05, 3.63) is 77.4 Å². The summed E-state index contributed by atoms with van der Waals surface area (Å²) in [5.41, 5.74) is 3.32. The van der Waals surface area contributed by atoms with E-state index in [1.165, 1.54) is 5.56 Å². The first-order valence-electron chi connectivity index (χ1n) is 7.82. The number of hydrogen-bond donors (Lipinski definition) is 0. The van der Waals surface area contributed by atoms with Crippen LogP contribution in [0.15, 0.2) is 66.2 Å². The Kier molecular flexibility index (Phi) is 4.50. The maximum absolute atomic E-state index is 12.2. The molecule has 0 aromatic heterocycles. The Morgan fingerprint density at radius 3 is 2.32 bits per heavy atom. The van der Waals surface area contributed by atoms with E-state index in [2.05, 4.69) is 36.1 Å². The SMILES string of the molecule is C[C@H](c1ccccc1)N1CCC(=O)/C(=C/c2ccccc2)C1. The molecule has 1 aliphatic heterocycles. The van der Waals surface area contributed by atoms with Gasteiger partial charge in [0.2, 0.25) is 0 Å². The van der Waals surface area contributed by atoms with E-state index in [-0.39, 0.29) is 5.78 Å². The van der Waals surface area contributed by atoms with Gasteiger partial charge in [-0.05, 0) is 24.1 Å². The third-order valence-corrected chi connectivity index (χ3v) is 4.33. The fourth-order valence-corrected chi connectivity index (χ4v) is 2.94. The van der Waals surface area contributed by atoms with Crippen LogP contribution in [0.5, 0.6) is 0 Å². The van der Waals surface area contributed by atoms with Gasteiger partial charge in [0.05, 0.1) is 0 Å². The van der Waals surface area contributed by atoms with Crippen molar-refractivity contribution in [3.63, 3.8) is 0 Å². The van der Waals surface area contributed by atoms with Crippen molar-refractivity contribution in [1.82, 2.24) is 4.90 Å². The molecule has 3 rings (SSSR count). The zero-order valence-corrected chi connectivity index (χ0v) is 12.9. The third kappa shape index (κ3) is 3.34. The van der Waals surface area contributed by atoms with Crippen molar-refractivity contribution in [1.29, 1.82) is 0 Å². The lowest BCUT2D eigenvalue weighted by atomic mass is 9.97. The molecule has 1 aliphatic rings. The lowest BCUT2D eigenvalue weighted by Crippen LogP contribution is -2.37. The predicted molar refractivity (Wildman–Crippen MR) is 90.5 cm³/mol. The molecule has 0 saturated carbocycles. The molecule has 112 valence electrons. The van der Waals surface area contributed by atoms with E-state index in [4.69, 9.17) is 0 Å². The van der Waals surface area contributed by atoms with Crippen LogP contribution in [0, 0.1) is 0 Å².